The van der Waals surface area contributed by atoms with E-state index in [1.54, 1.807) is 12.0 Å². The van der Waals surface area contributed by atoms with Crippen LogP contribution in [-0.4, -0.2) is 50.1 Å². The second-order valence-electron chi connectivity index (χ2n) is 10.5. The average molecular weight is 564 g/mol. The van der Waals surface area contributed by atoms with Crippen LogP contribution in [0.5, 0.6) is 5.75 Å². The summed E-state index contributed by atoms with van der Waals surface area (Å²) in [6.45, 7) is 5.38. The molecule has 1 saturated heterocycles. The Morgan fingerprint density at radius 1 is 0.881 bits per heavy atom. The van der Waals surface area contributed by atoms with E-state index < -0.39 is 6.04 Å². The predicted molar refractivity (Wildman–Crippen MR) is 166 cm³/mol. The third-order valence-corrected chi connectivity index (χ3v) is 7.47. The average Bonchev–Trinajstić information content (AvgIpc) is 3.03. The van der Waals surface area contributed by atoms with Crippen molar-refractivity contribution in [3.63, 3.8) is 0 Å². The number of amides is 2. The van der Waals surface area contributed by atoms with Gasteiger partial charge in [-0.3, -0.25) is 9.59 Å². The van der Waals surface area contributed by atoms with Crippen LogP contribution in [0.4, 0.5) is 11.4 Å². The Morgan fingerprint density at radius 3 is 2.29 bits per heavy atom. The molecule has 216 valence electrons. The van der Waals surface area contributed by atoms with Gasteiger partial charge >= 0.3 is 0 Å². The summed E-state index contributed by atoms with van der Waals surface area (Å²) in [5.74, 6) is 0.175. The molecule has 1 aliphatic heterocycles. The first-order chi connectivity index (χ1) is 20.5. The van der Waals surface area contributed by atoms with Gasteiger partial charge in [-0.05, 0) is 60.0 Å². The van der Waals surface area contributed by atoms with Gasteiger partial charge in [-0.1, -0.05) is 72.3 Å². The van der Waals surface area contributed by atoms with Gasteiger partial charge in [0.2, 0.25) is 5.91 Å². The summed E-state index contributed by atoms with van der Waals surface area (Å²) >= 11 is 0. The third-order valence-electron chi connectivity index (χ3n) is 7.47. The lowest BCUT2D eigenvalue weighted by Gasteiger charge is -2.32. The number of rotatable bonds is 10. The third kappa shape index (κ3) is 7.36. The number of benzene rings is 4. The summed E-state index contributed by atoms with van der Waals surface area (Å²) < 4.78 is 11.0. The molecule has 1 N–H and O–H groups in total. The Kier molecular flexibility index (Phi) is 9.51. The molecule has 5 rings (SSSR count). The van der Waals surface area contributed by atoms with Crippen molar-refractivity contribution in [1.29, 1.82) is 0 Å². The van der Waals surface area contributed by atoms with Gasteiger partial charge in [-0.2, -0.15) is 0 Å². The Bertz CT molecular complexity index is 1470. The molecule has 0 saturated carbocycles. The van der Waals surface area contributed by atoms with E-state index in [0.29, 0.717) is 30.2 Å². The fourth-order valence-electron chi connectivity index (χ4n) is 5.16. The van der Waals surface area contributed by atoms with Crippen LogP contribution >= 0.6 is 0 Å². The molecular weight excluding hydrogens is 526 g/mol. The highest BCUT2D eigenvalue weighted by Gasteiger charge is 2.32. The Balaban J connectivity index is 1.48. The molecule has 1 unspecified atom stereocenters. The van der Waals surface area contributed by atoms with Gasteiger partial charge in [0.15, 0.2) is 0 Å². The van der Waals surface area contributed by atoms with Crippen LogP contribution in [0.1, 0.15) is 28.3 Å². The van der Waals surface area contributed by atoms with Crippen molar-refractivity contribution in [2.45, 2.75) is 25.9 Å². The summed E-state index contributed by atoms with van der Waals surface area (Å²) in [7, 11) is 1.59. The number of methoxy groups -OCH3 is 1. The van der Waals surface area contributed by atoms with Crippen molar-refractivity contribution >= 4 is 23.2 Å². The Morgan fingerprint density at radius 2 is 1.60 bits per heavy atom. The number of ether oxygens (including phenoxy) is 2. The number of hydrogen-bond acceptors (Lipinski definition) is 5. The van der Waals surface area contributed by atoms with E-state index in [1.165, 1.54) is 0 Å². The zero-order valence-corrected chi connectivity index (χ0v) is 24.2. The molecule has 0 aliphatic carbocycles. The van der Waals surface area contributed by atoms with Crippen molar-refractivity contribution in [3.05, 3.63) is 125 Å². The van der Waals surface area contributed by atoms with Gasteiger partial charge in [-0.15, -0.1) is 0 Å². The summed E-state index contributed by atoms with van der Waals surface area (Å²) in [4.78, 5) is 32.1. The highest BCUT2D eigenvalue weighted by molar-refractivity contribution is 5.98. The van der Waals surface area contributed by atoms with Gasteiger partial charge in [0, 0.05) is 31.0 Å². The molecule has 2 amide bonds. The minimum atomic E-state index is -0.892. The maximum Gasteiger partial charge on any atom is 0.251 e. The molecule has 1 heterocycles. The van der Waals surface area contributed by atoms with E-state index >= 15 is 0 Å². The zero-order chi connectivity index (χ0) is 29.3. The van der Waals surface area contributed by atoms with Gasteiger partial charge < -0.3 is 24.6 Å². The van der Waals surface area contributed by atoms with Crippen molar-refractivity contribution in [3.8, 4) is 5.75 Å². The van der Waals surface area contributed by atoms with Crippen molar-refractivity contribution < 1.29 is 19.1 Å². The van der Waals surface area contributed by atoms with Crippen LogP contribution in [0.3, 0.4) is 0 Å². The van der Waals surface area contributed by atoms with E-state index in [4.69, 9.17) is 9.47 Å². The number of carbonyl (C=O) groups excluding carboxylic acids is 2. The number of anilines is 2. The van der Waals surface area contributed by atoms with Crippen LogP contribution in [-0.2, 0) is 27.3 Å². The van der Waals surface area contributed by atoms with Crippen LogP contribution in [0, 0.1) is 6.92 Å². The maximum atomic E-state index is 14.2. The topological polar surface area (TPSA) is 71.1 Å². The molecule has 1 atom stereocenters. The van der Waals surface area contributed by atoms with Crippen molar-refractivity contribution in [1.82, 2.24) is 4.90 Å². The molecule has 7 heteroatoms. The lowest BCUT2D eigenvalue weighted by Crippen LogP contribution is -2.41. The zero-order valence-electron chi connectivity index (χ0n) is 24.2. The number of hydrogen-bond donors (Lipinski definition) is 1. The Hall–Kier alpha value is -4.62. The van der Waals surface area contributed by atoms with E-state index in [1.807, 2.05) is 110 Å². The lowest BCUT2D eigenvalue weighted by molar-refractivity contribution is -0.139. The summed E-state index contributed by atoms with van der Waals surface area (Å²) in [6, 6.07) is 32.0. The fourth-order valence-corrected chi connectivity index (χ4v) is 5.16. The number of aryl methyl sites for hydroxylation is 1. The highest BCUT2D eigenvalue weighted by atomic mass is 16.5. The smallest absolute Gasteiger partial charge is 0.251 e. The lowest BCUT2D eigenvalue weighted by atomic mass is 10.0. The van der Waals surface area contributed by atoms with Gasteiger partial charge in [0.25, 0.3) is 5.91 Å². The molecule has 7 nitrogen and oxygen atoms in total. The second-order valence-corrected chi connectivity index (χ2v) is 10.5. The number of nitrogens with one attached hydrogen (secondary N) is 1. The SMILES string of the molecule is COc1cccc(C(C(=O)Nc2ccc(N3CCOCC3)cc2)N(Cc2ccc(C)cc2)C(=O)Cc2ccccc2)c1. The van der Waals surface area contributed by atoms with E-state index in [-0.39, 0.29) is 24.8 Å². The van der Waals surface area contributed by atoms with Crippen LogP contribution in [0.2, 0.25) is 0 Å². The van der Waals surface area contributed by atoms with Gasteiger partial charge in [0.1, 0.15) is 11.8 Å². The largest absolute Gasteiger partial charge is 0.497 e. The minimum absolute atomic E-state index is 0.146. The van der Waals surface area contributed by atoms with Gasteiger partial charge in [-0.25, -0.2) is 0 Å². The number of morpholine rings is 1. The first kappa shape index (κ1) is 28.9. The molecule has 0 bridgehead atoms. The molecule has 42 heavy (non-hydrogen) atoms. The molecule has 1 aliphatic rings. The Labute approximate surface area is 247 Å². The van der Waals surface area contributed by atoms with E-state index in [9.17, 15) is 9.59 Å². The maximum absolute atomic E-state index is 14.2. The standard InChI is InChI=1S/C35H37N3O4/c1-26-11-13-28(14-12-26)25-38(33(39)23-27-7-4-3-5-8-27)34(29-9-6-10-32(24-29)41-2)35(40)36-30-15-17-31(18-16-30)37-19-21-42-22-20-37/h3-18,24,34H,19-23,25H2,1-2H3,(H,36,40). The number of carbonyl (C=O) groups is 2. The quantitative estimate of drug-likeness (QED) is 0.264. The normalized spacial score (nSPS) is 13.7. The fraction of sp³-hybridized carbons (Fsp3) is 0.257. The molecule has 0 radical (unpaired) electrons. The van der Waals surface area contributed by atoms with Crippen LogP contribution < -0.4 is 15.0 Å². The second kappa shape index (κ2) is 13.8. The summed E-state index contributed by atoms with van der Waals surface area (Å²) in [5.41, 5.74) is 5.38. The van der Waals surface area contributed by atoms with Crippen LogP contribution in [0.15, 0.2) is 103 Å². The van der Waals surface area contributed by atoms with E-state index in [2.05, 4.69) is 10.2 Å². The first-order valence-corrected chi connectivity index (χ1v) is 14.3. The van der Waals surface area contributed by atoms with Crippen molar-refractivity contribution in [2.75, 3.05) is 43.6 Å². The highest BCUT2D eigenvalue weighted by Crippen LogP contribution is 2.29. The number of nitrogens with zero attached hydrogens (tertiary/aromatic N) is 2. The molecule has 1 fully saturated rings. The first-order valence-electron chi connectivity index (χ1n) is 14.3. The van der Waals surface area contributed by atoms with Gasteiger partial charge in [0.05, 0.1) is 26.7 Å². The van der Waals surface area contributed by atoms with E-state index in [0.717, 1.165) is 35.5 Å². The molecular formula is C35H37N3O4. The summed E-state index contributed by atoms with van der Waals surface area (Å²) in [5, 5.41) is 3.09. The predicted octanol–water partition coefficient (Wildman–Crippen LogP) is 5.79. The van der Waals surface area contributed by atoms with Crippen LogP contribution in [0.25, 0.3) is 0 Å². The molecule has 4 aromatic carbocycles. The molecule has 0 spiro atoms. The molecule has 0 aromatic heterocycles. The summed E-state index contributed by atoms with van der Waals surface area (Å²) in [6.07, 6.45) is 0.175. The minimum Gasteiger partial charge on any atom is -0.497 e. The molecule has 4 aromatic rings. The monoisotopic (exact) mass is 563 g/mol. The van der Waals surface area contributed by atoms with Crippen molar-refractivity contribution in [2.24, 2.45) is 0 Å².